The van der Waals surface area contributed by atoms with Gasteiger partial charge in [0.15, 0.2) is 0 Å². The Balaban J connectivity index is 1.98. The normalized spacial score (nSPS) is 18.5. The molecule has 0 saturated carbocycles. The molecule has 1 aromatic carbocycles. The summed E-state index contributed by atoms with van der Waals surface area (Å²) in [5.41, 5.74) is 1.05. The van der Waals surface area contributed by atoms with E-state index >= 15 is 0 Å². The number of halogens is 1. The minimum Gasteiger partial charge on any atom is -0.335 e. The van der Waals surface area contributed by atoms with Crippen LogP contribution in [0.1, 0.15) is 51.1 Å². The minimum absolute atomic E-state index is 0.155. The van der Waals surface area contributed by atoms with E-state index < -0.39 is 0 Å². The van der Waals surface area contributed by atoms with E-state index in [4.69, 9.17) is 0 Å². The van der Waals surface area contributed by atoms with Gasteiger partial charge in [0, 0.05) is 13.0 Å². The molecule has 0 radical (unpaired) electrons. The van der Waals surface area contributed by atoms with Crippen LogP contribution in [0.2, 0.25) is 0 Å². The molecule has 3 heteroatoms. The summed E-state index contributed by atoms with van der Waals surface area (Å²) < 4.78 is 12.9. The van der Waals surface area contributed by atoms with Gasteiger partial charge in [-0.05, 0) is 30.0 Å². The lowest BCUT2D eigenvalue weighted by atomic mass is 9.92. The zero-order valence-corrected chi connectivity index (χ0v) is 11.7. The zero-order chi connectivity index (χ0) is 13.8. The molecule has 1 saturated heterocycles. The minimum atomic E-state index is -0.224. The Morgan fingerprint density at radius 1 is 1.32 bits per heavy atom. The molecule has 104 valence electrons. The van der Waals surface area contributed by atoms with E-state index in [-0.39, 0.29) is 17.8 Å². The van der Waals surface area contributed by atoms with Crippen molar-refractivity contribution in [2.45, 2.75) is 45.6 Å². The smallest absolute Gasteiger partial charge is 0.223 e. The van der Waals surface area contributed by atoms with Crippen LogP contribution >= 0.6 is 0 Å². The average Bonchev–Trinajstić information content (AvgIpc) is 2.37. The van der Waals surface area contributed by atoms with Crippen molar-refractivity contribution in [2.75, 3.05) is 6.54 Å². The number of carbonyl (C=O) groups excluding carboxylic acids is 1. The lowest BCUT2D eigenvalue weighted by Crippen LogP contribution is -2.45. The van der Waals surface area contributed by atoms with E-state index in [0.717, 1.165) is 31.4 Å². The molecule has 0 spiro atoms. The second-order valence-corrected chi connectivity index (χ2v) is 5.33. The van der Waals surface area contributed by atoms with Crippen LogP contribution < -0.4 is 0 Å². The topological polar surface area (TPSA) is 20.3 Å². The van der Waals surface area contributed by atoms with Gasteiger partial charge in [0.2, 0.25) is 5.91 Å². The van der Waals surface area contributed by atoms with Crippen molar-refractivity contribution in [3.8, 4) is 0 Å². The Kier molecular flexibility index (Phi) is 4.56. The Morgan fingerprint density at radius 2 is 1.95 bits per heavy atom. The molecule has 2 rings (SSSR count). The molecular weight excluding hydrogens is 241 g/mol. The second-order valence-electron chi connectivity index (χ2n) is 5.33. The molecule has 0 aliphatic carbocycles. The van der Waals surface area contributed by atoms with Gasteiger partial charge in [-0.25, -0.2) is 4.39 Å². The maximum atomic E-state index is 12.9. The van der Waals surface area contributed by atoms with Gasteiger partial charge in [0.25, 0.3) is 0 Å². The molecule has 1 aliphatic rings. The first kappa shape index (κ1) is 14.0. The second kappa shape index (κ2) is 6.18. The van der Waals surface area contributed by atoms with E-state index in [1.807, 2.05) is 4.90 Å². The van der Waals surface area contributed by atoms with E-state index in [1.165, 1.54) is 12.1 Å². The average molecular weight is 263 g/mol. The summed E-state index contributed by atoms with van der Waals surface area (Å²) in [5, 5.41) is 0. The number of carbonyl (C=O) groups is 1. The zero-order valence-electron chi connectivity index (χ0n) is 11.7. The van der Waals surface area contributed by atoms with Crippen molar-refractivity contribution >= 4 is 5.91 Å². The standard InChI is InChI=1S/C16H22FNO/c1-3-12(4-2)11-16(19)18-10-9-15(18)13-5-7-14(17)8-6-13/h5-8,12,15H,3-4,9-11H2,1-2H3/t15-/m1/s1. The van der Waals surface area contributed by atoms with Gasteiger partial charge in [-0.1, -0.05) is 38.8 Å². The van der Waals surface area contributed by atoms with Crippen LogP contribution in [0.15, 0.2) is 24.3 Å². The molecule has 0 aromatic heterocycles. The molecule has 1 heterocycles. The fourth-order valence-corrected chi connectivity index (χ4v) is 2.66. The molecule has 1 amide bonds. The molecule has 0 N–H and O–H groups in total. The molecule has 0 bridgehead atoms. The summed E-state index contributed by atoms with van der Waals surface area (Å²) in [6.45, 7) is 5.10. The fraction of sp³-hybridized carbons (Fsp3) is 0.562. The van der Waals surface area contributed by atoms with Gasteiger partial charge < -0.3 is 4.90 Å². The number of nitrogens with zero attached hydrogens (tertiary/aromatic N) is 1. The summed E-state index contributed by atoms with van der Waals surface area (Å²) in [4.78, 5) is 14.2. The summed E-state index contributed by atoms with van der Waals surface area (Å²) in [6.07, 6.45) is 3.74. The molecule has 1 fully saturated rings. The van der Waals surface area contributed by atoms with Gasteiger partial charge in [0.1, 0.15) is 5.82 Å². The summed E-state index contributed by atoms with van der Waals surface area (Å²) in [5.74, 6) is 0.509. The van der Waals surface area contributed by atoms with Crippen molar-refractivity contribution < 1.29 is 9.18 Å². The quantitative estimate of drug-likeness (QED) is 0.788. The number of amides is 1. The first-order chi connectivity index (χ1) is 9.15. The molecule has 1 aliphatic heterocycles. The van der Waals surface area contributed by atoms with Crippen LogP contribution in [0.25, 0.3) is 0 Å². The third kappa shape index (κ3) is 3.14. The molecule has 1 atom stereocenters. The van der Waals surface area contributed by atoms with E-state index in [1.54, 1.807) is 12.1 Å². The number of rotatable bonds is 5. The third-order valence-corrected chi connectivity index (χ3v) is 4.21. The van der Waals surface area contributed by atoms with Crippen LogP contribution in [0.3, 0.4) is 0 Å². The highest BCUT2D eigenvalue weighted by atomic mass is 19.1. The summed E-state index contributed by atoms with van der Waals surface area (Å²) in [6, 6.07) is 6.67. The monoisotopic (exact) mass is 263 g/mol. The maximum absolute atomic E-state index is 12.9. The number of hydrogen-bond acceptors (Lipinski definition) is 1. The lowest BCUT2D eigenvalue weighted by molar-refractivity contribution is -0.140. The van der Waals surface area contributed by atoms with Crippen LogP contribution in [-0.2, 0) is 4.79 Å². The molecule has 2 nitrogen and oxygen atoms in total. The van der Waals surface area contributed by atoms with Gasteiger partial charge in [-0.15, -0.1) is 0 Å². The lowest BCUT2D eigenvalue weighted by Gasteiger charge is -2.42. The highest BCUT2D eigenvalue weighted by Crippen LogP contribution is 2.34. The third-order valence-electron chi connectivity index (χ3n) is 4.21. The van der Waals surface area contributed by atoms with Gasteiger partial charge in [-0.2, -0.15) is 0 Å². The Labute approximate surface area is 114 Å². The number of benzene rings is 1. The van der Waals surface area contributed by atoms with Crippen molar-refractivity contribution in [3.63, 3.8) is 0 Å². The molecule has 19 heavy (non-hydrogen) atoms. The number of likely N-dealkylation sites (tertiary alicyclic amines) is 1. The largest absolute Gasteiger partial charge is 0.335 e. The Hall–Kier alpha value is -1.38. The fourth-order valence-electron chi connectivity index (χ4n) is 2.66. The van der Waals surface area contributed by atoms with Gasteiger partial charge in [0.05, 0.1) is 6.04 Å². The van der Waals surface area contributed by atoms with Crippen molar-refractivity contribution in [1.29, 1.82) is 0 Å². The van der Waals surface area contributed by atoms with Gasteiger partial charge in [-0.3, -0.25) is 4.79 Å². The van der Waals surface area contributed by atoms with Crippen LogP contribution in [-0.4, -0.2) is 17.4 Å². The van der Waals surface area contributed by atoms with Crippen LogP contribution in [0, 0.1) is 11.7 Å². The van der Waals surface area contributed by atoms with Crippen LogP contribution in [0.4, 0.5) is 4.39 Å². The highest BCUT2D eigenvalue weighted by molar-refractivity contribution is 5.77. The number of hydrogen-bond donors (Lipinski definition) is 0. The van der Waals surface area contributed by atoms with Crippen LogP contribution in [0.5, 0.6) is 0 Å². The van der Waals surface area contributed by atoms with Crippen molar-refractivity contribution in [2.24, 2.45) is 5.92 Å². The van der Waals surface area contributed by atoms with E-state index in [0.29, 0.717) is 12.3 Å². The molecule has 0 unspecified atom stereocenters. The van der Waals surface area contributed by atoms with Crippen molar-refractivity contribution in [1.82, 2.24) is 4.90 Å². The predicted molar refractivity (Wildman–Crippen MR) is 74.2 cm³/mol. The van der Waals surface area contributed by atoms with Crippen molar-refractivity contribution in [3.05, 3.63) is 35.6 Å². The Bertz CT molecular complexity index is 425. The SMILES string of the molecule is CCC(CC)CC(=O)N1CC[C@@H]1c1ccc(F)cc1. The first-order valence-electron chi connectivity index (χ1n) is 7.20. The summed E-state index contributed by atoms with van der Waals surface area (Å²) >= 11 is 0. The van der Waals surface area contributed by atoms with E-state index in [2.05, 4.69) is 13.8 Å². The Morgan fingerprint density at radius 3 is 2.42 bits per heavy atom. The summed E-state index contributed by atoms with van der Waals surface area (Å²) in [7, 11) is 0. The first-order valence-corrected chi connectivity index (χ1v) is 7.20. The maximum Gasteiger partial charge on any atom is 0.223 e. The highest BCUT2D eigenvalue weighted by Gasteiger charge is 2.33. The molecule has 1 aromatic rings. The van der Waals surface area contributed by atoms with Gasteiger partial charge >= 0.3 is 0 Å². The predicted octanol–water partition coefficient (Wildman–Crippen LogP) is 3.93. The molecular formula is C16H22FNO. The van der Waals surface area contributed by atoms with E-state index in [9.17, 15) is 9.18 Å².